The Kier molecular flexibility index (Phi) is 6.24. The van der Waals surface area contributed by atoms with Crippen molar-refractivity contribution in [1.29, 1.82) is 0 Å². The van der Waals surface area contributed by atoms with Crippen LogP contribution in [-0.2, 0) is 16.2 Å². The van der Waals surface area contributed by atoms with Crippen LogP contribution < -0.4 is 9.47 Å². The Labute approximate surface area is 137 Å². The SMILES string of the molecule is COc1ccc(CN2CCC(C(=O)N(C)OC)CC2)cc1OC. The lowest BCUT2D eigenvalue weighted by molar-refractivity contribution is -0.174. The monoisotopic (exact) mass is 322 g/mol. The number of hydrogen-bond donors (Lipinski definition) is 0. The maximum absolute atomic E-state index is 12.1. The van der Waals surface area contributed by atoms with Gasteiger partial charge < -0.3 is 9.47 Å². The van der Waals surface area contributed by atoms with E-state index in [0.717, 1.165) is 44.0 Å². The van der Waals surface area contributed by atoms with E-state index in [2.05, 4.69) is 11.0 Å². The molecular formula is C17H26N2O4. The number of benzene rings is 1. The van der Waals surface area contributed by atoms with Gasteiger partial charge in [0.05, 0.1) is 21.3 Å². The minimum Gasteiger partial charge on any atom is -0.493 e. The van der Waals surface area contributed by atoms with Gasteiger partial charge in [-0.25, -0.2) is 5.06 Å². The Bertz CT molecular complexity index is 527. The number of hydroxylamine groups is 2. The average Bonchev–Trinajstić information content (AvgIpc) is 2.60. The molecule has 1 aliphatic rings. The maximum atomic E-state index is 12.1. The summed E-state index contributed by atoms with van der Waals surface area (Å²) < 4.78 is 10.6. The molecule has 0 unspecified atom stereocenters. The summed E-state index contributed by atoms with van der Waals surface area (Å²) in [5.74, 6) is 1.61. The van der Waals surface area contributed by atoms with Crippen LogP contribution >= 0.6 is 0 Å². The third kappa shape index (κ3) is 4.36. The van der Waals surface area contributed by atoms with E-state index in [1.165, 1.54) is 17.7 Å². The summed E-state index contributed by atoms with van der Waals surface area (Å²) in [6.45, 7) is 2.66. The Morgan fingerprint density at radius 3 is 2.39 bits per heavy atom. The van der Waals surface area contributed by atoms with Gasteiger partial charge in [-0.3, -0.25) is 14.5 Å². The highest BCUT2D eigenvalue weighted by molar-refractivity contribution is 5.77. The van der Waals surface area contributed by atoms with E-state index < -0.39 is 0 Å². The molecule has 1 aromatic rings. The highest BCUT2D eigenvalue weighted by atomic mass is 16.7. The third-order valence-corrected chi connectivity index (χ3v) is 4.38. The van der Waals surface area contributed by atoms with Crippen molar-refractivity contribution >= 4 is 5.91 Å². The minimum absolute atomic E-state index is 0.0570. The Morgan fingerprint density at radius 1 is 1.17 bits per heavy atom. The first-order chi connectivity index (χ1) is 11.1. The van der Waals surface area contributed by atoms with Gasteiger partial charge in [0.15, 0.2) is 11.5 Å². The second-order valence-corrected chi connectivity index (χ2v) is 5.76. The van der Waals surface area contributed by atoms with E-state index in [0.29, 0.717) is 0 Å². The van der Waals surface area contributed by atoms with Crippen LogP contribution in [0.3, 0.4) is 0 Å². The molecule has 0 saturated carbocycles. The third-order valence-electron chi connectivity index (χ3n) is 4.38. The lowest BCUT2D eigenvalue weighted by atomic mass is 9.95. The minimum atomic E-state index is 0.0570. The number of hydrogen-bond acceptors (Lipinski definition) is 5. The molecule has 1 aromatic carbocycles. The van der Waals surface area contributed by atoms with Gasteiger partial charge >= 0.3 is 0 Å². The van der Waals surface area contributed by atoms with Crippen LogP contribution in [0, 0.1) is 5.92 Å². The zero-order valence-electron chi connectivity index (χ0n) is 14.4. The van der Waals surface area contributed by atoms with E-state index >= 15 is 0 Å². The predicted molar refractivity (Wildman–Crippen MR) is 87.3 cm³/mol. The van der Waals surface area contributed by atoms with E-state index in [4.69, 9.17) is 14.3 Å². The van der Waals surface area contributed by atoms with Crippen molar-refractivity contribution in [3.8, 4) is 11.5 Å². The fourth-order valence-corrected chi connectivity index (χ4v) is 2.92. The van der Waals surface area contributed by atoms with Crippen molar-refractivity contribution in [3.05, 3.63) is 23.8 Å². The van der Waals surface area contributed by atoms with Crippen LogP contribution in [0.5, 0.6) is 11.5 Å². The van der Waals surface area contributed by atoms with Gasteiger partial charge in [0.25, 0.3) is 0 Å². The fourth-order valence-electron chi connectivity index (χ4n) is 2.92. The summed E-state index contributed by atoms with van der Waals surface area (Å²) in [5.41, 5.74) is 1.18. The first-order valence-corrected chi connectivity index (χ1v) is 7.84. The van der Waals surface area contributed by atoms with Gasteiger partial charge in [0.2, 0.25) is 5.91 Å². The van der Waals surface area contributed by atoms with E-state index in [1.807, 2.05) is 12.1 Å². The fraction of sp³-hybridized carbons (Fsp3) is 0.588. The van der Waals surface area contributed by atoms with Gasteiger partial charge in [-0.1, -0.05) is 6.07 Å². The lowest BCUT2D eigenvalue weighted by Crippen LogP contribution is -2.40. The van der Waals surface area contributed by atoms with Crippen LogP contribution in [0.4, 0.5) is 0 Å². The van der Waals surface area contributed by atoms with Crippen molar-refractivity contribution in [3.63, 3.8) is 0 Å². The number of nitrogens with zero attached hydrogens (tertiary/aromatic N) is 2. The van der Waals surface area contributed by atoms with Crippen LogP contribution in [-0.4, -0.2) is 57.3 Å². The Morgan fingerprint density at radius 2 is 1.83 bits per heavy atom. The number of carbonyl (C=O) groups excluding carboxylic acids is 1. The summed E-state index contributed by atoms with van der Waals surface area (Å²) in [7, 11) is 6.46. The first-order valence-electron chi connectivity index (χ1n) is 7.84. The molecule has 1 aliphatic heterocycles. The number of likely N-dealkylation sites (tertiary alicyclic amines) is 1. The molecule has 6 heteroatoms. The molecule has 0 aliphatic carbocycles. The number of ether oxygens (including phenoxy) is 2. The first kappa shape index (κ1) is 17.6. The summed E-state index contributed by atoms with van der Waals surface area (Å²) in [4.78, 5) is 19.4. The van der Waals surface area contributed by atoms with E-state index in [-0.39, 0.29) is 11.8 Å². The van der Waals surface area contributed by atoms with Crippen molar-refractivity contribution < 1.29 is 19.1 Å². The van der Waals surface area contributed by atoms with Crippen LogP contribution in [0.2, 0.25) is 0 Å². The summed E-state index contributed by atoms with van der Waals surface area (Å²) in [5, 5.41) is 1.33. The number of amides is 1. The quantitative estimate of drug-likeness (QED) is 0.749. The predicted octanol–water partition coefficient (Wildman–Crippen LogP) is 1.94. The smallest absolute Gasteiger partial charge is 0.249 e. The molecule has 6 nitrogen and oxygen atoms in total. The summed E-state index contributed by atoms with van der Waals surface area (Å²) in [6, 6.07) is 5.99. The van der Waals surface area contributed by atoms with Gasteiger partial charge in [-0.15, -0.1) is 0 Å². The molecule has 1 fully saturated rings. The molecule has 2 rings (SSSR count). The molecule has 0 radical (unpaired) electrons. The van der Waals surface area contributed by atoms with Crippen molar-refractivity contribution in [1.82, 2.24) is 9.96 Å². The molecule has 23 heavy (non-hydrogen) atoms. The standard InChI is InChI=1S/C17H26N2O4/c1-18(23-4)17(20)14-7-9-19(10-8-14)12-13-5-6-15(21-2)16(11-13)22-3/h5-6,11,14H,7-10,12H2,1-4H3. The molecule has 0 N–H and O–H groups in total. The van der Waals surface area contributed by atoms with E-state index in [1.54, 1.807) is 21.3 Å². The molecule has 0 spiro atoms. The maximum Gasteiger partial charge on any atom is 0.249 e. The number of carbonyl (C=O) groups is 1. The highest BCUT2D eigenvalue weighted by Gasteiger charge is 2.27. The van der Waals surface area contributed by atoms with Gasteiger partial charge in [-0.05, 0) is 43.6 Å². The normalized spacial score (nSPS) is 16.2. The molecule has 0 bridgehead atoms. The zero-order chi connectivity index (χ0) is 16.8. The second kappa shape index (κ2) is 8.17. The van der Waals surface area contributed by atoms with E-state index in [9.17, 15) is 4.79 Å². The summed E-state index contributed by atoms with van der Waals surface area (Å²) >= 11 is 0. The highest BCUT2D eigenvalue weighted by Crippen LogP contribution is 2.29. The molecule has 128 valence electrons. The lowest BCUT2D eigenvalue weighted by Gasteiger charge is -2.32. The molecule has 1 heterocycles. The molecular weight excluding hydrogens is 296 g/mol. The zero-order valence-corrected chi connectivity index (χ0v) is 14.4. The van der Waals surface area contributed by atoms with Crippen LogP contribution in [0.1, 0.15) is 18.4 Å². The van der Waals surface area contributed by atoms with Crippen LogP contribution in [0.15, 0.2) is 18.2 Å². The van der Waals surface area contributed by atoms with Crippen molar-refractivity contribution in [2.24, 2.45) is 5.92 Å². The van der Waals surface area contributed by atoms with Crippen molar-refractivity contribution in [2.75, 3.05) is 41.5 Å². The molecule has 0 atom stereocenters. The number of methoxy groups -OCH3 is 2. The largest absolute Gasteiger partial charge is 0.493 e. The number of rotatable bonds is 6. The Balaban J connectivity index is 1.90. The van der Waals surface area contributed by atoms with Crippen LogP contribution in [0.25, 0.3) is 0 Å². The molecule has 1 saturated heterocycles. The molecule has 0 aromatic heterocycles. The summed E-state index contributed by atoms with van der Waals surface area (Å²) in [6.07, 6.45) is 1.72. The molecule has 1 amide bonds. The number of piperidine rings is 1. The van der Waals surface area contributed by atoms with Crippen molar-refractivity contribution in [2.45, 2.75) is 19.4 Å². The topological polar surface area (TPSA) is 51.2 Å². The van der Waals surface area contributed by atoms with Gasteiger partial charge in [0, 0.05) is 19.5 Å². The van der Waals surface area contributed by atoms with Gasteiger partial charge in [-0.2, -0.15) is 0 Å². The Hall–Kier alpha value is -1.79. The van der Waals surface area contributed by atoms with Gasteiger partial charge in [0.1, 0.15) is 0 Å². The second-order valence-electron chi connectivity index (χ2n) is 5.76. The average molecular weight is 322 g/mol.